The number of benzene rings is 3. The predicted molar refractivity (Wildman–Crippen MR) is 127 cm³/mol. The topological polar surface area (TPSA) is 76.0 Å². The fourth-order valence-electron chi connectivity index (χ4n) is 3.79. The molecule has 2 amide bonds. The average Bonchev–Trinajstić information content (AvgIpc) is 3.17. The summed E-state index contributed by atoms with van der Waals surface area (Å²) in [5.74, 6) is 0.405. The summed E-state index contributed by atoms with van der Waals surface area (Å²) in [6.45, 7) is 4.08. The lowest BCUT2D eigenvalue weighted by Crippen LogP contribution is -2.28. The molecule has 1 heterocycles. The van der Waals surface area contributed by atoms with Gasteiger partial charge >= 0.3 is 0 Å². The molecule has 6 nitrogen and oxygen atoms in total. The van der Waals surface area contributed by atoms with E-state index in [-0.39, 0.29) is 24.4 Å². The van der Waals surface area contributed by atoms with Crippen molar-refractivity contribution < 1.29 is 9.59 Å². The Morgan fingerprint density at radius 1 is 0.938 bits per heavy atom. The highest BCUT2D eigenvalue weighted by Crippen LogP contribution is 2.20. The quantitative estimate of drug-likeness (QED) is 0.449. The Balaban J connectivity index is 1.51. The molecule has 1 atom stereocenters. The van der Waals surface area contributed by atoms with Gasteiger partial charge in [-0.05, 0) is 36.8 Å². The van der Waals surface area contributed by atoms with Gasteiger partial charge in [-0.3, -0.25) is 9.59 Å². The first-order valence-electron chi connectivity index (χ1n) is 10.8. The molecule has 32 heavy (non-hydrogen) atoms. The summed E-state index contributed by atoms with van der Waals surface area (Å²) in [5.41, 5.74) is 3.71. The molecule has 0 aliphatic carbocycles. The highest BCUT2D eigenvalue weighted by atomic mass is 16.2. The maximum Gasteiger partial charge on any atom is 0.253 e. The summed E-state index contributed by atoms with van der Waals surface area (Å²) >= 11 is 0. The number of fused-ring (bicyclic) bond motifs is 1. The number of nitrogens with one attached hydrogen (secondary N) is 2. The van der Waals surface area contributed by atoms with E-state index in [9.17, 15) is 9.59 Å². The van der Waals surface area contributed by atoms with Gasteiger partial charge in [0.05, 0.1) is 28.3 Å². The molecular formula is C26H26N4O2. The summed E-state index contributed by atoms with van der Waals surface area (Å²) < 4.78 is 1.92. The lowest BCUT2D eigenvalue weighted by Gasteiger charge is -2.17. The summed E-state index contributed by atoms with van der Waals surface area (Å²) in [4.78, 5) is 30.5. The van der Waals surface area contributed by atoms with Gasteiger partial charge in [-0.25, -0.2) is 4.98 Å². The van der Waals surface area contributed by atoms with Crippen molar-refractivity contribution in [1.29, 1.82) is 0 Å². The van der Waals surface area contributed by atoms with Crippen molar-refractivity contribution in [3.8, 4) is 0 Å². The smallest absolute Gasteiger partial charge is 0.253 e. The molecule has 0 radical (unpaired) electrons. The van der Waals surface area contributed by atoms with Crippen LogP contribution in [0.2, 0.25) is 0 Å². The Hall–Kier alpha value is -3.93. The zero-order valence-corrected chi connectivity index (χ0v) is 18.2. The first kappa shape index (κ1) is 21.3. The number of anilines is 1. The van der Waals surface area contributed by atoms with Gasteiger partial charge in [0.15, 0.2) is 0 Å². The number of aryl methyl sites for hydroxylation is 1. The first-order valence-corrected chi connectivity index (χ1v) is 10.8. The molecule has 0 saturated carbocycles. The third-order valence-corrected chi connectivity index (χ3v) is 5.44. The summed E-state index contributed by atoms with van der Waals surface area (Å²) in [7, 11) is 0. The van der Waals surface area contributed by atoms with Crippen molar-refractivity contribution in [3.05, 3.63) is 95.8 Å². The molecule has 4 rings (SSSR count). The molecule has 0 saturated heterocycles. The number of aromatic nitrogens is 2. The van der Waals surface area contributed by atoms with E-state index in [4.69, 9.17) is 0 Å². The maximum absolute atomic E-state index is 12.9. The van der Waals surface area contributed by atoms with Crippen molar-refractivity contribution in [3.63, 3.8) is 0 Å². The van der Waals surface area contributed by atoms with Gasteiger partial charge in [0, 0.05) is 6.42 Å². The van der Waals surface area contributed by atoms with Gasteiger partial charge < -0.3 is 15.2 Å². The molecule has 0 aliphatic rings. The number of amides is 2. The number of rotatable bonds is 7. The predicted octanol–water partition coefficient (Wildman–Crippen LogP) is 4.73. The van der Waals surface area contributed by atoms with Crippen LogP contribution in [-0.2, 0) is 17.8 Å². The van der Waals surface area contributed by atoms with Crippen LogP contribution in [0, 0.1) is 0 Å². The Morgan fingerprint density at radius 3 is 2.41 bits per heavy atom. The number of imidazole rings is 1. The van der Waals surface area contributed by atoms with Crippen LogP contribution < -0.4 is 10.6 Å². The number of carbonyl (C=O) groups is 2. The molecule has 2 N–H and O–H groups in total. The van der Waals surface area contributed by atoms with Gasteiger partial charge in [0.25, 0.3) is 5.91 Å². The Bertz CT molecular complexity index is 1250. The van der Waals surface area contributed by atoms with Crippen molar-refractivity contribution in [2.45, 2.75) is 32.9 Å². The second kappa shape index (κ2) is 9.47. The minimum Gasteiger partial charge on any atom is -0.345 e. The average molecular weight is 427 g/mol. The van der Waals surface area contributed by atoms with Gasteiger partial charge in [0.2, 0.25) is 5.91 Å². The van der Waals surface area contributed by atoms with E-state index in [0.29, 0.717) is 11.3 Å². The molecule has 0 unspecified atom stereocenters. The van der Waals surface area contributed by atoms with Gasteiger partial charge in [-0.1, -0.05) is 61.5 Å². The minimum atomic E-state index is -0.236. The molecule has 0 spiro atoms. The fourth-order valence-corrected chi connectivity index (χ4v) is 3.79. The SMILES string of the molecule is CCc1nc2ccccc2n1CC(=O)Nc1ccccc1C(=O)N[C@@H](C)c1ccccc1. The Labute approximate surface area is 187 Å². The van der Waals surface area contributed by atoms with Gasteiger partial charge in [-0.15, -0.1) is 0 Å². The zero-order valence-electron chi connectivity index (χ0n) is 18.2. The molecule has 0 aliphatic heterocycles. The lowest BCUT2D eigenvalue weighted by atomic mass is 10.1. The summed E-state index contributed by atoms with van der Waals surface area (Å²) in [6, 6.07) is 24.4. The summed E-state index contributed by atoms with van der Waals surface area (Å²) in [5, 5.41) is 5.92. The molecule has 1 aromatic heterocycles. The van der Waals surface area contributed by atoms with Crippen LogP contribution in [0.3, 0.4) is 0 Å². The third-order valence-electron chi connectivity index (χ3n) is 5.44. The highest BCUT2D eigenvalue weighted by Gasteiger charge is 2.17. The minimum absolute atomic E-state index is 0.125. The standard InChI is InChI=1S/C26H26N4O2/c1-3-24-28-22-15-9-10-16-23(22)30(24)17-25(31)29-21-14-8-7-13-20(21)26(32)27-18(2)19-11-5-4-6-12-19/h4-16,18H,3,17H2,1-2H3,(H,27,32)(H,29,31)/t18-/m0/s1. The fraction of sp³-hybridized carbons (Fsp3) is 0.192. The van der Waals surface area contributed by atoms with Crippen LogP contribution in [0.1, 0.15) is 41.6 Å². The molecular weight excluding hydrogens is 400 g/mol. The van der Waals surface area contributed by atoms with E-state index in [1.54, 1.807) is 24.3 Å². The number of hydrogen-bond donors (Lipinski definition) is 2. The lowest BCUT2D eigenvalue weighted by molar-refractivity contribution is -0.116. The van der Waals surface area contributed by atoms with Crippen LogP contribution in [0.15, 0.2) is 78.9 Å². The number of para-hydroxylation sites is 3. The molecule has 0 fully saturated rings. The second-order valence-corrected chi connectivity index (χ2v) is 7.66. The molecule has 3 aromatic carbocycles. The van der Waals surface area contributed by atoms with E-state index in [1.807, 2.05) is 73.0 Å². The maximum atomic E-state index is 12.9. The second-order valence-electron chi connectivity index (χ2n) is 7.66. The molecule has 0 bridgehead atoms. The number of carbonyl (C=O) groups excluding carboxylic acids is 2. The van der Waals surface area contributed by atoms with E-state index in [1.165, 1.54) is 0 Å². The van der Waals surface area contributed by atoms with E-state index in [2.05, 4.69) is 15.6 Å². The first-order chi connectivity index (χ1) is 15.6. The van der Waals surface area contributed by atoms with Crippen molar-refractivity contribution in [2.75, 3.05) is 5.32 Å². The summed E-state index contributed by atoms with van der Waals surface area (Å²) in [6.07, 6.45) is 0.721. The van der Waals surface area contributed by atoms with Crippen LogP contribution in [0.25, 0.3) is 11.0 Å². The largest absolute Gasteiger partial charge is 0.345 e. The molecule has 6 heteroatoms. The molecule has 162 valence electrons. The number of hydrogen-bond acceptors (Lipinski definition) is 3. The zero-order chi connectivity index (χ0) is 22.5. The third kappa shape index (κ3) is 4.54. The monoisotopic (exact) mass is 426 g/mol. The Morgan fingerprint density at radius 2 is 1.62 bits per heavy atom. The number of nitrogens with zero attached hydrogens (tertiary/aromatic N) is 2. The van der Waals surface area contributed by atoms with Crippen molar-refractivity contribution in [2.24, 2.45) is 0 Å². The van der Waals surface area contributed by atoms with Crippen LogP contribution in [0.4, 0.5) is 5.69 Å². The van der Waals surface area contributed by atoms with E-state index in [0.717, 1.165) is 28.8 Å². The van der Waals surface area contributed by atoms with Gasteiger partial charge in [0.1, 0.15) is 12.4 Å². The van der Waals surface area contributed by atoms with Crippen molar-refractivity contribution >= 4 is 28.5 Å². The van der Waals surface area contributed by atoms with Crippen LogP contribution in [0.5, 0.6) is 0 Å². The van der Waals surface area contributed by atoms with E-state index < -0.39 is 0 Å². The van der Waals surface area contributed by atoms with Crippen LogP contribution in [-0.4, -0.2) is 21.4 Å². The Kier molecular flexibility index (Phi) is 6.31. The highest BCUT2D eigenvalue weighted by molar-refractivity contribution is 6.04. The van der Waals surface area contributed by atoms with Crippen LogP contribution >= 0.6 is 0 Å². The van der Waals surface area contributed by atoms with Crippen molar-refractivity contribution in [1.82, 2.24) is 14.9 Å². The van der Waals surface area contributed by atoms with E-state index >= 15 is 0 Å². The normalized spacial score (nSPS) is 11.8. The van der Waals surface area contributed by atoms with Gasteiger partial charge in [-0.2, -0.15) is 0 Å². The molecule has 4 aromatic rings.